The highest BCUT2D eigenvalue weighted by atomic mass is 16.6. The minimum absolute atomic E-state index is 0.0474. The Bertz CT molecular complexity index is 958. The molecule has 0 aromatic heterocycles. The zero-order chi connectivity index (χ0) is 20.3. The van der Waals surface area contributed by atoms with E-state index in [0.717, 1.165) is 10.6 Å². The maximum absolute atomic E-state index is 12.7. The van der Waals surface area contributed by atoms with Crippen molar-refractivity contribution >= 4 is 23.8 Å². The number of imide groups is 1. The van der Waals surface area contributed by atoms with Crippen LogP contribution in [0.1, 0.15) is 30.0 Å². The largest absolute Gasteiger partial charge is 0.346 e. The van der Waals surface area contributed by atoms with Crippen molar-refractivity contribution in [3.8, 4) is 0 Å². The second kappa shape index (κ2) is 7.59. The van der Waals surface area contributed by atoms with Crippen molar-refractivity contribution in [2.24, 2.45) is 5.10 Å². The lowest BCUT2D eigenvalue weighted by Crippen LogP contribution is -2.44. The average molecular weight is 380 g/mol. The van der Waals surface area contributed by atoms with E-state index in [0.29, 0.717) is 24.0 Å². The fourth-order valence-electron chi connectivity index (χ4n) is 3.01. The first kappa shape index (κ1) is 19.2. The van der Waals surface area contributed by atoms with Crippen molar-refractivity contribution in [3.63, 3.8) is 0 Å². The fraction of sp³-hybridized carbons (Fsp3) is 0.250. The minimum atomic E-state index is -1.05. The van der Waals surface area contributed by atoms with Gasteiger partial charge in [-0.05, 0) is 32.3 Å². The molecule has 3 amide bonds. The van der Waals surface area contributed by atoms with Crippen molar-refractivity contribution in [2.45, 2.75) is 32.2 Å². The number of urea groups is 1. The van der Waals surface area contributed by atoms with Crippen molar-refractivity contribution in [3.05, 3.63) is 75.3 Å². The number of hydrazone groups is 1. The van der Waals surface area contributed by atoms with E-state index in [1.54, 1.807) is 26.0 Å². The summed E-state index contributed by atoms with van der Waals surface area (Å²) in [6.45, 7) is 3.30. The van der Waals surface area contributed by atoms with E-state index >= 15 is 0 Å². The lowest BCUT2D eigenvalue weighted by atomic mass is 9.93. The van der Waals surface area contributed by atoms with Crippen LogP contribution in [0.2, 0.25) is 0 Å². The predicted molar refractivity (Wildman–Crippen MR) is 104 cm³/mol. The van der Waals surface area contributed by atoms with E-state index in [2.05, 4.69) is 10.4 Å². The summed E-state index contributed by atoms with van der Waals surface area (Å²) in [5.41, 5.74) is 0.916. The zero-order valence-electron chi connectivity index (χ0n) is 15.6. The molecule has 0 radical (unpaired) electrons. The fourth-order valence-corrected chi connectivity index (χ4v) is 3.01. The normalized spacial score (nSPS) is 19.3. The summed E-state index contributed by atoms with van der Waals surface area (Å²) in [5.74, 6) is -0.453. The summed E-state index contributed by atoms with van der Waals surface area (Å²) in [6, 6.07) is 13.7. The first-order valence-electron chi connectivity index (χ1n) is 8.80. The van der Waals surface area contributed by atoms with E-state index in [4.69, 9.17) is 0 Å². The molecule has 0 bridgehead atoms. The monoisotopic (exact) mass is 380 g/mol. The number of amides is 3. The predicted octanol–water partition coefficient (Wildman–Crippen LogP) is 3.18. The van der Waals surface area contributed by atoms with Crippen molar-refractivity contribution in [1.82, 2.24) is 10.3 Å². The van der Waals surface area contributed by atoms with Crippen LogP contribution in [-0.2, 0) is 11.2 Å². The van der Waals surface area contributed by atoms with Crippen molar-refractivity contribution in [1.29, 1.82) is 0 Å². The third-order valence-electron chi connectivity index (χ3n) is 4.75. The molecule has 0 unspecified atom stereocenters. The first-order chi connectivity index (χ1) is 13.3. The Morgan fingerprint density at radius 2 is 1.93 bits per heavy atom. The number of hydrogen-bond acceptors (Lipinski definition) is 5. The van der Waals surface area contributed by atoms with Crippen LogP contribution in [0.15, 0.2) is 53.6 Å². The molecule has 28 heavy (non-hydrogen) atoms. The summed E-state index contributed by atoms with van der Waals surface area (Å²) in [5, 5.41) is 18.5. The number of nitrogens with zero attached hydrogens (tertiary/aromatic N) is 3. The van der Waals surface area contributed by atoms with Gasteiger partial charge in [0.25, 0.3) is 11.6 Å². The molecule has 8 heteroatoms. The summed E-state index contributed by atoms with van der Waals surface area (Å²) in [6.07, 6.45) is 2.33. The topological polar surface area (TPSA) is 105 Å². The lowest BCUT2D eigenvalue weighted by molar-refractivity contribution is -0.385. The Hall–Kier alpha value is -3.55. The van der Waals surface area contributed by atoms with Gasteiger partial charge in [-0.15, -0.1) is 5.01 Å². The maximum Gasteiger partial charge on any atom is 0.346 e. The van der Waals surface area contributed by atoms with Gasteiger partial charge in [0.1, 0.15) is 5.54 Å². The number of nitro benzene ring substituents is 1. The van der Waals surface area contributed by atoms with Gasteiger partial charge in [-0.2, -0.15) is 5.10 Å². The van der Waals surface area contributed by atoms with Gasteiger partial charge in [0.05, 0.1) is 11.1 Å². The van der Waals surface area contributed by atoms with Gasteiger partial charge in [-0.3, -0.25) is 14.9 Å². The lowest BCUT2D eigenvalue weighted by Gasteiger charge is -2.20. The quantitative estimate of drug-likeness (QED) is 0.360. The van der Waals surface area contributed by atoms with Gasteiger partial charge in [0.2, 0.25) is 0 Å². The molecular weight excluding hydrogens is 360 g/mol. The van der Waals surface area contributed by atoms with Crippen LogP contribution in [-0.4, -0.2) is 33.6 Å². The number of carbonyl (C=O) groups is 2. The second-order valence-electron chi connectivity index (χ2n) is 6.91. The number of carbonyl (C=O) groups excluding carboxylic acids is 2. The van der Waals surface area contributed by atoms with Gasteiger partial charge < -0.3 is 5.32 Å². The number of rotatable bonds is 6. The van der Waals surface area contributed by atoms with Crippen molar-refractivity contribution < 1.29 is 14.5 Å². The smallest absolute Gasteiger partial charge is 0.322 e. The molecule has 1 atom stereocenters. The molecule has 1 fully saturated rings. The summed E-state index contributed by atoms with van der Waals surface area (Å²) in [4.78, 5) is 35.5. The first-order valence-corrected chi connectivity index (χ1v) is 8.80. The molecule has 2 aromatic rings. The highest BCUT2D eigenvalue weighted by Crippen LogP contribution is 2.24. The highest BCUT2D eigenvalue weighted by molar-refractivity contribution is 6.07. The molecule has 8 nitrogen and oxygen atoms in total. The number of nitrogens with one attached hydrogen (secondary N) is 1. The van der Waals surface area contributed by atoms with Crippen LogP contribution in [0.25, 0.3) is 0 Å². The van der Waals surface area contributed by atoms with Crippen LogP contribution < -0.4 is 5.32 Å². The molecule has 2 aromatic carbocycles. The molecule has 0 spiro atoms. The third-order valence-corrected chi connectivity index (χ3v) is 4.75. The Balaban J connectivity index is 1.74. The number of hydrogen-bond donors (Lipinski definition) is 1. The van der Waals surface area contributed by atoms with E-state index in [1.165, 1.54) is 12.3 Å². The van der Waals surface area contributed by atoms with Crippen molar-refractivity contribution in [2.75, 3.05) is 0 Å². The van der Waals surface area contributed by atoms with Gasteiger partial charge in [-0.25, -0.2) is 4.79 Å². The van der Waals surface area contributed by atoms with E-state index in [9.17, 15) is 19.7 Å². The third kappa shape index (κ3) is 3.90. The highest BCUT2D eigenvalue weighted by Gasteiger charge is 2.47. The van der Waals surface area contributed by atoms with E-state index in [-0.39, 0.29) is 5.69 Å². The Morgan fingerprint density at radius 3 is 2.61 bits per heavy atom. The summed E-state index contributed by atoms with van der Waals surface area (Å²) < 4.78 is 0. The van der Waals surface area contributed by atoms with Gasteiger partial charge in [-0.1, -0.05) is 42.5 Å². The number of aryl methyl sites for hydroxylation is 2. The standard InChI is InChI=1S/C20H20N4O4/c1-14-8-9-16(12-17(14)24(27)28)13-21-23-18(25)20(2,22-19(23)26)11-10-15-6-4-3-5-7-15/h3-9,12-13H,10-11H2,1-2H3,(H,22,26)/b21-13-/t20-/m0/s1. The Kier molecular flexibility index (Phi) is 5.21. The maximum atomic E-state index is 12.7. The van der Waals surface area contributed by atoms with Gasteiger partial charge in [0, 0.05) is 17.2 Å². The molecule has 1 aliphatic heterocycles. The molecule has 1 N–H and O–H groups in total. The number of benzene rings is 2. The van der Waals surface area contributed by atoms with Crippen LogP contribution in [0.5, 0.6) is 0 Å². The second-order valence-corrected chi connectivity index (χ2v) is 6.91. The zero-order valence-corrected chi connectivity index (χ0v) is 15.6. The molecular formula is C20H20N4O4. The molecule has 144 valence electrons. The van der Waals surface area contributed by atoms with Crippen LogP contribution in [0.4, 0.5) is 10.5 Å². The average Bonchev–Trinajstić information content (AvgIpc) is 2.89. The van der Waals surface area contributed by atoms with Crippen LogP contribution in [0, 0.1) is 17.0 Å². The minimum Gasteiger partial charge on any atom is -0.322 e. The molecule has 0 aliphatic carbocycles. The molecule has 0 saturated carbocycles. The Labute approximate surface area is 162 Å². The number of nitro groups is 1. The van der Waals surface area contributed by atoms with Crippen LogP contribution >= 0.6 is 0 Å². The summed E-state index contributed by atoms with van der Waals surface area (Å²) >= 11 is 0. The van der Waals surface area contributed by atoms with E-state index < -0.39 is 22.4 Å². The van der Waals surface area contributed by atoms with Gasteiger partial charge >= 0.3 is 6.03 Å². The van der Waals surface area contributed by atoms with Gasteiger partial charge in [0.15, 0.2) is 0 Å². The molecule has 3 rings (SSSR count). The molecule has 1 aliphatic rings. The molecule has 1 saturated heterocycles. The Morgan fingerprint density at radius 1 is 1.21 bits per heavy atom. The van der Waals surface area contributed by atoms with E-state index in [1.807, 2.05) is 30.3 Å². The summed E-state index contributed by atoms with van der Waals surface area (Å²) in [7, 11) is 0. The molecule has 1 heterocycles. The SMILES string of the molecule is Cc1ccc(/C=N\N2C(=O)N[C@@](C)(CCc3ccccc3)C2=O)cc1[N+](=O)[O-]. The van der Waals surface area contributed by atoms with Crippen LogP contribution in [0.3, 0.4) is 0 Å².